The Bertz CT molecular complexity index is 1020. The summed E-state index contributed by atoms with van der Waals surface area (Å²) in [6, 6.07) is 10.9. The number of carbonyl (C=O) groups is 4. The van der Waals surface area contributed by atoms with Crippen LogP contribution in [0.15, 0.2) is 42.5 Å². The summed E-state index contributed by atoms with van der Waals surface area (Å²) < 4.78 is 10.1. The Balaban J connectivity index is 1.66. The number of hydrogen-bond donors (Lipinski definition) is 2. The molecule has 8 nitrogen and oxygen atoms in total. The Morgan fingerprint density at radius 2 is 1.59 bits per heavy atom. The average Bonchev–Trinajstić information content (AvgIpc) is 2.79. The Kier molecular flexibility index (Phi) is 10.8. The highest BCUT2D eigenvalue weighted by molar-refractivity contribution is 6.35. The van der Waals surface area contributed by atoms with E-state index in [1.807, 2.05) is 13.8 Å². The van der Waals surface area contributed by atoms with Crippen molar-refractivity contribution in [2.24, 2.45) is 5.92 Å². The molecule has 0 saturated carbocycles. The number of esters is 2. The van der Waals surface area contributed by atoms with Crippen molar-refractivity contribution < 1.29 is 28.7 Å². The van der Waals surface area contributed by atoms with Crippen LogP contribution in [-0.2, 0) is 23.9 Å². The quantitative estimate of drug-likeness (QED) is 0.408. The smallest absolute Gasteiger partial charge is 0.338 e. The molecule has 0 aliphatic carbocycles. The first kappa shape index (κ1) is 27.1. The van der Waals surface area contributed by atoms with Crippen LogP contribution in [0.4, 0.5) is 11.4 Å². The first-order chi connectivity index (χ1) is 16.1. The number of nitrogens with one attached hydrogen (secondary N) is 2. The van der Waals surface area contributed by atoms with Crippen LogP contribution in [0.25, 0.3) is 0 Å². The van der Waals surface area contributed by atoms with Gasteiger partial charge in [0.25, 0.3) is 5.91 Å². The molecule has 34 heavy (non-hydrogen) atoms. The lowest BCUT2D eigenvalue weighted by Crippen LogP contribution is -2.21. The van der Waals surface area contributed by atoms with Crippen LogP contribution in [0, 0.1) is 5.92 Å². The molecule has 0 radical (unpaired) electrons. The van der Waals surface area contributed by atoms with E-state index in [-0.39, 0.29) is 31.1 Å². The molecule has 0 atom stereocenters. The summed E-state index contributed by atoms with van der Waals surface area (Å²) in [4.78, 5) is 47.7. The molecule has 0 bridgehead atoms. The molecule has 0 aromatic heterocycles. The van der Waals surface area contributed by atoms with Gasteiger partial charge in [0.15, 0.2) is 6.61 Å². The van der Waals surface area contributed by atoms with Crippen molar-refractivity contribution in [1.29, 1.82) is 0 Å². The molecule has 0 fully saturated rings. The highest BCUT2D eigenvalue weighted by Crippen LogP contribution is 2.25. The first-order valence-corrected chi connectivity index (χ1v) is 11.4. The Morgan fingerprint density at radius 1 is 0.882 bits per heavy atom. The van der Waals surface area contributed by atoms with Crippen molar-refractivity contribution in [2.45, 2.75) is 33.1 Å². The Hall–Kier alpha value is -3.10. The zero-order valence-corrected chi connectivity index (χ0v) is 20.4. The minimum Gasteiger partial charge on any atom is -0.462 e. The number of carbonyl (C=O) groups excluding carboxylic acids is 4. The second-order valence-electron chi connectivity index (χ2n) is 7.80. The van der Waals surface area contributed by atoms with Gasteiger partial charge in [-0.25, -0.2) is 4.79 Å². The molecular formula is C24H26Cl2N2O6. The fourth-order valence-electron chi connectivity index (χ4n) is 2.63. The van der Waals surface area contributed by atoms with Crippen molar-refractivity contribution in [2.75, 3.05) is 23.8 Å². The predicted octanol–water partition coefficient (Wildman–Crippen LogP) is 5.10. The fraction of sp³-hybridized carbons (Fsp3) is 0.333. The van der Waals surface area contributed by atoms with Gasteiger partial charge in [0.1, 0.15) is 0 Å². The second kappa shape index (κ2) is 13.6. The van der Waals surface area contributed by atoms with Gasteiger partial charge in [-0.3, -0.25) is 14.4 Å². The van der Waals surface area contributed by atoms with E-state index in [0.29, 0.717) is 33.6 Å². The Morgan fingerprint density at radius 3 is 2.26 bits per heavy atom. The summed E-state index contributed by atoms with van der Waals surface area (Å²) in [5, 5.41) is 5.89. The van der Waals surface area contributed by atoms with Crippen molar-refractivity contribution in [3.63, 3.8) is 0 Å². The van der Waals surface area contributed by atoms with Crippen LogP contribution in [0.3, 0.4) is 0 Å². The molecule has 0 saturated heterocycles. The lowest BCUT2D eigenvalue weighted by atomic mass is 10.2. The number of ether oxygens (including phenoxy) is 2. The maximum absolute atomic E-state index is 12.1. The van der Waals surface area contributed by atoms with Crippen molar-refractivity contribution in [3.05, 3.63) is 58.1 Å². The third-order valence-corrected chi connectivity index (χ3v) is 4.87. The third kappa shape index (κ3) is 9.80. The number of anilines is 2. The molecule has 2 N–H and O–H groups in total. The van der Waals surface area contributed by atoms with Crippen LogP contribution in [0.2, 0.25) is 10.0 Å². The molecule has 0 heterocycles. The van der Waals surface area contributed by atoms with Gasteiger partial charge in [-0.15, -0.1) is 0 Å². The second-order valence-corrected chi connectivity index (χ2v) is 8.65. The molecule has 2 aromatic carbocycles. The van der Waals surface area contributed by atoms with E-state index in [9.17, 15) is 19.2 Å². The van der Waals surface area contributed by atoms with E-state index in [0.717, 1.165) is 0 Å². The molecule has 2 rings (SSSR count). The standard InChI is InChI=1S/C24H26Cl2N2O6/c1-15(2)13-34-24(32)16-6-9-18(10-7-16)27-21(29)4-3-5-23(31)33-14-22(30)28-20-12-17(25)8-11-19(20)26/h6-12,15H,3-5,13-14H2,1-2H3,(H,27,29)(H,28,30). The molecule has 0 unspecified atom stereocenters. The van der Waals surface area contributed by atoms with Crippen LogP contribution < -0.4 is 10.6 Å². The largest absolute Gasteiger partial charge is 0.462 e. The molecule has 0 aliphatic rings. The minimum absolute atomic E-state index is 0.0285. The molecule has 2 aromatic rings. The van der Waals surface area contributed by atoms with E-state index >= 15 is 0 Å². The molecule has 2 amide bonds. The van der Waals surface area contributed by atoms with Gasteiger partial charge < -0.3 is 20.1 Å². The topological polar surface area (TPSA) is 111 Å². The van der Waals surface area contributed by atoms with Gasteiger partial charge in [0, 0.05) is 23.6 Å². The van der Waals surface area contributed by atoms with Gasteiger partial charge >= 0.3 is 11.9 Å². The normalized spacial score (nSPS) is 10.5. The SMILES string of the molecule is CC(C)COC(=O)c1ccc(NC(=O)CCCC(=O)OCC(=O)Nc2cc(Cl)ccc2Cl)cc1. The summed E-state index contributed by atoms with van der Waals surface area (Å²) in [7, 11) is 0. The van der Waals surface area contributed by atoms with Crippen LogP contribution in [0.5, 0.6) is 0 Å². The lowest BCUT2D eigenvalue weighted by Gasteiger charge is -2.09. The zero-order chi connectivity index (χ0) is 25.1. The van der Waals surface area contributed by atoms with Gasteiger partial charge in [0.2, 0.25) is 5.91 Å². The van der Waals surface area contributed by atoms with E-state index < -0.39 is 24.5 Å². The van der Waals surface area contributed by atoms with E-state index in [1.54, 1.807) is 30.3 Å². The monoisotopic (exact) mass is 508 g/mol. The van der Waals surface area contributed by atoms with Gasteiger partial charge in [-0.05, 0) is 54.8 Å². The summed E-state index contributed by atoms with van der Waals surface area (Å²) in [6.45, 7) is 3.74. The van der Waals surface area contributed by atoms with Crippen molar-refractivity contribution in [3.8, 4) is 0 Å². The van der Waals surface area contributed by atoms with E-state index in [1.165, 1.54) is 12.1 Å². The predicted molar refractivity (Wildman–Crippen MR) is 130 cm³/mol. The van der Waals surface area contributed by atoms with Crippen molar-refractivity contribution >= 4 is 58.3 Å². The van der Waals surface area contributed by atoms with E-state index in [2.05, 4.69) is 10.6 Å². The van der Waals surface area contributed by atoms with Crippen molar-refractivity contribution in [1.82, 2.24) is 0 Å². The van der Waals surface area contributed by atoms with Gasteiger partial charge in [0.05, 0.1) is 22.9 Å². The number of benzene rings is 2. The molecule has 10 heteroatoms. The third-order valence-electron chi connectivity index (χ3n) is 4.30. The van der Waals surface area contributed by atoms with Gasteiger partial charge in [-0.1, -0.05) is 37.0 Å². The molecule has 0 aliphatic heterocycles. The summed E-state index contributed by atoms with van der Waals surface area (Å²) >= 11 is 11.8. The number of hydrogen-bond acceptors (Lipinski definition) is 6. The van der Waals surface area contributed by atoms with Gasteiger partial charge in [-0.2, -0.15) is 0 Å². The highest BCUT2D eigenvalue weighted by atomic mass is 35.5. The number of amides is 2. The number of rotatable bonds is 11. The summed E-state index contributed by atoms with van der Waals surface area (Å²) in [5.74, 6) is -1.65. The molecule has 0 spiro atoms. The first-order valence-electron chi connectivity index (χ1n) is 10.6. The summed E-state index contributed by atoms with van der Waals surface area (Å²) in [5.41, 5.74) is 1.22. The summed E-state index contributed by atoms with van der Waals surface area (Å²) in [6.07, 6.45) is 0.295. The average molecular weight is 509 g/mol. The molecule has 182 valence electrons. The minimum atomic E-state index is -0.607. The van der Waals surface area contributed by atoms with E-state index in [4.69, 9.17) is 32.7 Å². The zero-order valence-electron chi connectivity index (χ0n) is 18.9. The lowest BCUT2D eigenvalue weighted by molar-refractivity contribution is -0.147. The maximum atomic E-state index is 12.1. The maximum Gasteiger partial charge on any atom is 0.338 e. The molecular weight excluding hydrogens is 483 g/mol. The highest BCUT2D eigenvalue weighted by Gasteiger charge is 2.12. The number of halogens is 2. The van der Waals surface area contributed by atoms with Crippen LogP contribution >= 0.6 is 23.2 Å². The fourth-order valence-corrected chi connectivity index (χ4v) is 2.97. The Labute approximate surface area is 207 Å². The van der Waals surface area contributed by atoms with Crippen LogP contribution in [-0.4, -0.2) is 37.0 Å². The van der Waals surface area contributed by atoms with Crippen LogP contribution in [0.1, 0.15) is 43.5 Å².